The maximum absolute atomic E-state index is 11.9. The Bertz CT molecular complexity index is 1410. The zero-order valence-electron chi connectivity index (χ0n) is 20.8. The predicted molar refractivity (Wildman–Crippen MR) is 143 cm³/mol. The van der Waals surface area contributed by atoms with E-state index >= 15 is 0 Å². The van der Waals surface area contributed by atoms with Crippen molar-refractivity contribution in [1.82, 2.24) is 9.97 Å². The number of pyridine rings is 2. The summed E-state index contributed by atoms with van der Waals surface area (Å²) in [5.41, 5.74) is 13.7. The molecule has 7 nitrogen and oxygen atoms in total. The van der Waals surface area contributed by atoms with E-state index in [0.29, 0.717) is 5.82 Å². The van der Waals surface area contributed by atoms with Gasteiger partial charge in [0.1, 0.15) is 11.4 Å². The summed E-state index contributed by atoms with van der Waals surface area (Å²) in [4.78, 5) is 21.5. The number of nitrogens with two attached hydrogens (primary N) is 2. The number of benzene rings is 2. The Labute approximate surface area is 210 Å². The molecule has 5 N–H and O–H groups in total. The van der Waals surface area contributed by atoms with Gasteiger partial charge in [0.2, 0.25) is 0 Å². The third-order valence-corrected chi connectivity index (χ3v) is 7.25. The molecule has 1 amide bonds. The van der Waals surface area contributed by atoms with Gasteiger partial charge in [0.05, 0.1) is 16.7 Å². The second kappa shape index (κ2) is 8.91. The molecule has 1 fully saturated rings. The number of hydrogen-bond acceptors (Lipinski definition) is 6. The van der Waals surface area contributed by atoms with Crippen LogP contribution in [-0.4, -0.2) is 16.1 Å². The molecule has 2 unspecified atom stereocenters. The summed E-state index contributed by atoms with van der Waals surface area (Å²) in [5.74, 6) is 6.33. The molecule has 2 atom stereocenters. The van der Waals surface area contributed by atoms with Crippen molar-refractivity contribution in [3.63, 3.8) is 0 Å². The molecule has 7 heteroatoms. The Balaban J connectivity index is 1.62. The van der Waals surface area contributed by atoms with Crippen molar-refractivity contribution in [3.05, 3.63) is 78.4 Å². The Morgan fingerprint density at radius 2 is 1.69 bits per heavy atom. The van der Waals surface area contributed by atoms with Crippen molar-refractivity contribution >= 4 is 22.9 Å². The normalized spacial score (nSPS) is 19.5. The number of amides is 1. The molecule has 0 bridgehead atoms. The van der Waals surface area contributed by atoms with E-state index in [9.17, 15) is 4.79 Å². The van der Waals surface area contributed by atoms with Crippen LogP contribution in [0.25, 0.3) is 33.4 Å². The molecule has 1 aliphatic carbocycles. The van der Waals surface area contributed by atoms with Gasteiger partial charge in [-0.05, 0) is 47.6 Å². The number of carbonyl (C=O) groups is 1. The van der Waals surface area contributed by atoms with E-state index in [1.54, 1.807) is 6.07 Å². The minimum absolute atomic E-state index is 0.0308. The van der Waals surface area contributed by atoms with Gasteiger partial charge in [0.15, 0.2) is 0 Å². The summed E-state index contributed by atoms with van der Waals surface area (Å²) >= 11 is 0. The molecule has 184 valence electrons. The van der Waals surface area contributed by atoms with Gasteiger partial charge in [-0.2, -0.15) is 0 Å². The van der Waals surface area contributed by atoms with Gasteiger partial charge in [-0.15, -0.1) is 0 Å². The van der Waals surface area contributed by atoms with E-state index in [-0.39, 0.29) is 11.3 Å². The van der Waals surface area contributed by atoms with E-state index in [1.807, 2.05) is 54.6 Å². The number of primary amides is 1. The van der Waals surface area contributed by atoms with Crippen LogP contribution in [0.15, 0.2) is 72.8 Å². The fourth-order valence-electron chi connectivity index (χ4n) is 5.49. The van der Waals surface area contributed by atoms with E-state index in [0.717, 1.165) is 51.8 Å². The minimum Gasteiger partial charge on any atom is -0.438 e. The SMILES string of the molecule is CC(C)(C)C1CCC1(OC(N)=O)c1ccc(-c2nc3ccc(NN)nc3cc2-c2ccccc2)cc1. The van der Waals surface area contributed by atoms with Gasteiger partial charge in [0, 0.05) is 17.0 Å². The molecule has 5 rings (SSSR count). The Hall–Kier alpha value is -3.97. The summed E-state index contributed by atoms with van der Waals surface area (Å²) in [6.07, 6.45) is 0.994. The number of nitrogens with one attached hydrogen (secondary N) is 1. The number of carbonyl (C=O) groups excluding carboxylic acids is 1. The molecule has 0 saturated heterocycles. The van der Waals surface area contributed by atoms with Crippen LogP contribution >= 0.6 is 0 Å². The maximum atomic E-state index is 11.9. The molecule has 2 aromatic carbocycles. The average molecular weight is 482 g/mol. The second-order valence-corrected chi connectivity index (χ2v) is 10.5. The summed E-state index contributed by atoms with van der Waals surface area (Å²) in [6.45, 7) is 6.53. The number of rotatable bonds is 5. The molecule has 2 heterocycles. The highest BCUT2D eigenvalue weighted by atomic mass is 16.6. The lowest BCUT2D eigenvalue weighted by Crippen LogP contribution is -2.53. The quantitative estimate of drug-likeness (QED) is 0.238. The monoisotopic (exact) mass is 481 g/mol. The minimum atomic E-state index is -0.741. The highest BCUT2D eigenvalue weighted by Gasteiger charge is 2.55. The van der Waals surface area contributed by atoms with Crippen molar-refractivity contribution in [2.45, 2.75) is 39.2 Å². The highest BCUT2D eigenvalue weighted by molar-refractivity contribution is 5.90. The number of nitrogen functional groups attached to an aromatic ring is 1. The first-order valence-electron chi connectivity index (χ1n) is 12.1. The number of aromatic nitrogens is 2. The Kier molecular flexibility index (Phi) is 5.88. The van der Waals surface area contributed by atoms with Gasteiger partial charge in [-0.25, -0.2) is 20.6 Å². The van der Waals surface area contributed by atoms with Crippen molar-refractivity contribution in [2.24, 2.45) is 22.9 Å². The van der Waals surface area contributed by atoms with Crippen molar-refractivity contribution in [1.29, 1.82) is 0 Å². The van der Waals surface area contributed by atoms with Crippen molar-refractivity contribution in [2.75, 3.05) is 5.43 Å². The summed E-state index contributed by atoms with van der Waals surface area (Å²) in [5, 5.41) is 0. The Morgan fingerprint density at radius 1 is 0.972 bits per heavy atom. The Morgan fingerprint density at radius 3 is 2.28 bits per heavy atom. The van der Waals surface area contributed by atoms with Crippen LogP contribution in [0.4, 0.5) is 10.6 Å². The van der Waals surface area contributed by atoms with Crippen LogP contribution < -0.4 is 17.0 Å². The fraction of sp³-hybridized carbons (Fsp3) is 0.276. The number of hydrogen-bond donors (Lipinski definition) is 3. The highest BCUT2D eigenvalue weighted by Crippen LogP contribution is 2.57. The molecule has 2 aromatic heterocycles. The van der Waals surface area contributed by atoms with Crippen LogP contribution in [0.1, 0.15) is 39.2 Å². The topological polar surface area (TPSA) is 116 Å². The van der Waals surface area contributed by atoms with Crippen LogP contribution in [0, 0.1) is 11.3 Å². The van der Waals surface area contributed by atoms with Crippen LogP contribution in [0.5, 0.6) is 0 Å². The third kappa shape index (κ3) is 4.16. The fourth-order valence-corrected chi connectivity index (χ4v) is 5.49. The van der Waals surface area contributed by atoms with E-state index in [4.69, 9.17) is 21.3 Å². The van der Waals surface area contributed by atoms with Crippen LogP contribution in [0.3, 0.4) is 0 Å². The van der Waals surface area contributed by atoms with E-state index in [1.165, 1.54) is 0 Å². The molecule has 0 aliphatic heterocycles. The molecule has 0 spiro atoms. The first-order valence-corrected chi connectivity index (χ1v) is 12.1. The number of fused-ring (bicyclic) bond motifs is 1. The number of hydrazine groups is 1. The van der Waals surface area contributed by atoms with Gasteiger partial charge in [0.25, 0.3) is 0 Å². The number of nitrogens with zero attached hydrogens (tertiary/aromatic N) is 2. The zero-order chi connectivity index (χ0) is 25.5. The van der Waals surface area contributed by atoms with Crippen LogP contribution in [-0.2, 0) is 10.3 Å². The molecule has 4 aromatic rings. The first kappa shape index (κ1) is 23.8. The summed E-state index contributed by atoms with van der Waals surface area (Å²) in [7, 11) is 0. The molecular weight excluding hydrogens is 450 g/mol. The van der Waals surface area contributed by atoms with Crippen LogP contribution in [0.2, 0.25) is 0 Å². The molecule has 1 saturated carbocycles. The molecule has 36 heavy (non-hydrogen) atoms. The number of anilines is 1. The first-order chi connectivity index (χ1) is 17.2. The molecule has 0 radical (unpaired) electrons. The molecule has 1 aliphatic rings. The predicted octanol–water partition coefficient (Wildman–Crippen LogP) is 6.00. The molecular formula is C29H31N5O2. The van der Waals surface area contributed by atoms with Gasteiger partial charge >= 0.3 is 6.09 Å². The lowest BCUT2D eigenvalue weighted by Gasteiger charge is -2.54. The summed E-state index contributed by atoms with van der Waals surface area (Å²) < 4.78 is 5.82. The van der Waals surface area contributed by atoms with E-state index < -0.39 is 11.7 Å². The second-order valence-electron chi connectivity index (χ2n) is 10.5. The van der Waals surface area contributed by atoms with Crippen molar-refractivity contribution in [3.8, 4) is 22.4 Å². The van der Waals surface area contributed by atoms with Gasteiger partial charge < -0.3 is 15.9 Å². The smallest absolute Gasteiger partial charge is 0.405 e. The lowest BCUT2D eigenvalue weighted by atomic mass is 9.56. The average Bonchev–Trinajstić information content (AvgIpc) is 2.85. The van der Waals surface area contributed by atoms with Crippen molar-refractivity contribution < 1.29 is 9.53 Å². The van der Waals surface area contributed by atoms with E-state index in [2.05, 4.69) is 43.3 Å². The largest absolute Gasteiger partial charge is 0.438 e. The van der Waals surface area contributed by atoms with Gasteiger partial charge in [-0.1, -0.05) is 75.4 Å². The summed E-state index contributed by atoms with van der Waals surface area (Å²) in [6, 6.07) is 24.0. The third-order valence-electron chi connectivity index (χ3n) is 7.25. The zero-order valence-corrected chi connectivity index (χ0v) is 20.8. The number of ether oxygens (including phenoxy) is 1. The maximum Gasteiger partial charge on any atom is 0.405 e. The van der Waals surface area contributed by atoms with Gasteiger partial charge in [-0.3, -0.25) is 0 Å². The standard InChI is InChI=1S/C29H31N5O2/c1-28(2,3)24-15-16-29(24,36-27(30)35)20-11-9-19(10-12-20)26-21(18-7-5-4-6-8-18)17-23-22(33-26)13-14-25(32-23)34-31/h4-14,17,24H,15-16,31H2,1-3H3,(H2,30,35)(H,32,34). The lowest BCUT2D eigenvalue weighted by molar-refractivity contribution is -0.144.